The number of carbonyl (C=O) groups excluding carboxylic acids is 1. The molecule has 0 saturated heterocycles. The van der Waals surface area contributed by atoms with Crippen molar-refractivity contribution in [1.82, 2.24) is 5.32 Å². The van der Waals surface area contributed by atoms with Gasteiger partial charge in [-0.3, -0.25) is 4.79 Å². The Morgan fingerprint density at radius 1 is 1.27 bits per heavy atom. The Bertz CT molecular complexity index is 644. The van der Waals surface area contributed by atoms with Crippen LogP contribution in [0.1, 0.15) is 39.3 Å². The van der Waals surface area contributed by atoms with E-state index in [4.69, 9.17) is 11.6 Å². The highest BCUT2D eigenvalue weighted by atomic mass is 35.5. The number of hydrogen-bond acceptors (Lipinski definition) is 3. The zero-order valence-electron chi connectivity index (χ0n) is 13.1. The molecule has 124 valence electrons. The normalized spacial score (nSPS) is 13.5. The van der Waals surface area contributed by atoms with Gasteiger partial charge in [0.05, 0.1) is 11.3 Å². The van der Waals surface area contributed by atoms with Crippen LogP contribution in [0.4, 0.5) is 4.39 Å². The van der Waals surface area contributed by atoms with Crippen LogP contribution in [-0.2, 0) is 14.6 Å². The van der Waals surface area contributed by atoms with Crippen molar-refractivity contribution in [2.45, 2.75) is 39.0 Å². The van der Waals surface area contributed by atoms with E-state index in [1.165, 1.54) is 32.0 Å². The molecule has 7 heteroatoms. The molecule has 0 spiro atoms. The van der Waals surface area contributed by atoms with E-state index in [2.05, 4.69) is 5.32 Å². The molecule has 0 fully saturated rings. The summed E-state index contributed by atoms with van der Waals surface area (Å²) in [6.45, 7) is 6.66. The lowest BCUT2D eigenvalue weighted by Crippen LogP contribution is -2.37. The first-order valence-electron chi connectivity index (χ1n) is 7.00. The van der Waals surface area contributed by atoms with Crippen LogP contribution in [0.2, 0.25) is 5.02 Å². The highest BCUT2D eigenvalue weighted by Crippen LogP contribution is 2.26. The summed E-state index contributed by atoms with van der Waals surface area (Å²) in [6, 6.07) is 3.59. The summed E-state index contributed by atoms with van der Waals surface area (Å²) in [6.07, 6.45) is 0. The Morgan fingerprint density at radius 3 is 2.32 bits per heavy atom. The fourth-order valence-corrected chi connectivity index (χ4v) is 2.86. The maximum atomic E-state index is 14.0. The maximum absolute atomic E-state index is 14.0. The molecule has 0 aliphatic heterocycles. The Morgan fingerprint density at radius 2 is 1.86 bits per heavy atom. The van der Waals surface area contributed by atoms with E-state index in [1.807, 2.05) is 13.8 Å². The van der Waals surface area contributed by atoms with Crippen LogP contribution < -0.4 is 5.32 Å². The molecule has 0 saturated carbocycles. The molecular formula is C15H21ClFNO3S. The van der Waals surface area contributed by atoms with Crippen molar-refractivity contribution in [1.29, 1.82) is 0 Å². The largest absolute Gasteiger partial charge is 0.348 e. The minimum atomic E-state index is -3.49. The van der Waals surface area contributed by atoms with Gasteiger partial charge in [-0.1, -0.05) is 31.5 Å². The first-order valence-corrected chi connectivity index (χ1v) is 9.09. The number of halogens is 2. The van der Waals surface area contributed by atoms with Crippen molar-refractivity contribution < 1.29 is 17.6 Å². The van der Waals surface area contributed by atoms with Gasteiger partial charge in [0, 0.05) is 10.6 Å². The monoisotopic (exact) mass is 349 g/mol. The SMILES string of the molecule is CC(C)C(NC(=O)CS(=O)(=O)C(C)C)c1ccc(Cl)cc1F. The first-order chi connectivity index (χ1) is 10.0. The third-order valence-corrected chi connectivity index (χ3v) is 5.67. The number of carbonyl (C=O) groups is 1. The van der Waals surface area contributed by atoms with Crippen molar-refractivity contribution in [3.63, 3.8) is 0 Å². The third-order valence-electron chi connectivity index (χ3n) is 3.33. The lowest BCUT2D eigenvalue weighted by atomic mass is 9.95. The highest BCUT2D eigenvalue weighted by Gasteiger charge is 2.26. The maximum Gasteiger partial charge on any atom is 0.235 e. The second-order valence-electron chi connectivity index (χ2n) is 5.81. The average Bonchev–Trinajstić information content (AvgIpc) is 2.35. The summed E-state index contributed by atoms with van der Waals surface area (Å²) in [5.74, 6) is -1.88. The fraction of sp³-hybridized carbons (Fsp3) is 0.533. The van der Waals surface area contributed by atoms with Gasteiger partial charge in [-0.15, -0.1) is 0 Å². The van der Waals surface area contributed by atoms with Gasteiger partial charge in [-0.25, -0.2) is 12.8 Å². The Labute approximate surface area is 136 Å². The number of sulfone groups is 1. The molecule has 0 bridgehead atoms. The Balaban J connectivity index is 2.97. The van der Waals surface area contributed by atoms with Gasteiger partial charge in [0.1, 0.15) is 11.6 Å². The number of nitrogens with one attached hydrogen (secondary N) is 1. The highest BCUT2D eigenvalue weighted by molar-refractivity contribution is 7.92. The number of hydrogen-bond donors (Lipinski definition) is 1. The van der Waals surface area contributed by atoms with Crippen LogP contribution in [0.15, 0.2) is 18.2 Å². The molecular weight excluding hydrogens is 329 g/mol. The van der Waals surface area contributed by atoms with Crippen LogP contribution >= 0.6 is 11.6 Å². The third kappa shape index (κ3) is 4.95. The Kier molecular flexibility index (Phi) is 6.38. The van der Waals surface area contributed by atoms with Gasteiger partial charge in [0.15, 0.2) is 9.84 Å². The van der Waals surface area contributed by atoms with E-state index in [0.717, 1.165) is 0 Å². The lowest BCUT2D eigenvalue weighted by Gasteiger charge is -2.23. The number of benzene rings is 1. The molecule has 1 N–H and O–H groups in total. The van der Waals surface area contributed by atoms with Gasteiger partial charge in [-0.05, 0) is 31.9 Å². The molecule has 1 rings (SSSR count). The summed E-state index contributed by atoms with van der Waals surface area (Å²) in [5.41, 5.74) is 0.287. The molecule has 1 aromatic rings. The molecule has 0 aliphatic rings. The standard InChI is InChI=1S/C15H21ClFNO3S/c1-9(2)15(12-6-5-11(16)7-13(12)17)18-14(19)8-22(20,21)10(3)4/h5-7,9-10,15H,8H2,1-4H3,(H,18,19). The zero-order valence-corrected chi connectivity index (χ0v) is 14.6. The molecule has 0 aromatic heterocycles. The molecule has 1 amide bonds. The predicted octanol–water partition coefficient (Wildman–Crippen LogP) is 3.12. The van der Waals surface area contributed by atoms with E-state index in [1.54, 1.807) is 0 Å². The van der Waals surface area contributed by atoms with Crippen LogP contribution in [0.25, 0.3) is 0 Å². The van der Waals surface area contributed by atoms with Gasteiger partial charge < -0.3 is 5.32 Å². The second-order valence-corrected chi connectivity index (χ2v) is 8.80. The average molecular weight is 350 g/mol. The number of rotatable bonds is 6. The van der Waals surface area contributed by atoms with Crippen molar-refractivity contribution in [3.8, 4) is 0 Å². The van der Waals surface area contributed by atoms with Crippen LogP contribution in [0, 0.1) is 11.7 Å². The van der Waals surface area contributed by atoms with E-state index < -0.39 is 38.6 Å². The van der Waals surface area contributed by atoms with E-state index in [0.29, 0.717) is 0 Å². The van der Waals surface area contributed by atoms with Crippen molar-refractivity contribution in [2.24, 2.45) is 5.92 Å². The second kappa shape index (κ2) is 7.42. The number of amides is 1. The van der Waals surface area contributed by atoms with Crippen molar-refractivity contribution in [2.75, 3.05) is 5.75 Å². The molecule has 22 heavy (non-hydrogen) atoms. The minimum absolute atomic E-state index is 0.110. The van der Waals surface area contributed by atoms with Crippen molar-refractivity contribution in [3.05, 3.63) is 34.6 Å². The first kappa shape index (κ1) is 18.9. The Hall–Kier alpha value is -1.14. The molecule has 0 radical (unpaired) electrons. The smallest absolute Gasteiger partial charge is 0.235 e. The zero-order chi connectivity index (χ0) is 17.1. The quantitative estimate of drug-likeness (QED) is 0.858. The molecule has 0 heterocycles. The summed E-state index contributed by atoms with van der Waals surface area (Å²) in [4.78, 5) is 12.0. The van der Waals surface area contributed by atoms with Gasteiger partial charge in [0.2, 0.25) is 5.91 Å². The predicted molar refractivity (Wildman–Crippen MR) is 86.1 cm³/mol. The molecule has 4 nitrogen and oxygen atoms in total. The minimum Gasteiger partial charge on any atom is -0.348 e. The molecule has 0 aliphatic carbocycles. The summed E-state index contributed by atoms with van der Waals surface area (Å²) < 4.78 is 37.6. The van der Waals surface area contributed by atoms with E-state index in [-0.39, 0.29) is 16.5 Å². The van der Waals surface area contributed by atoms with Gasteiger partial charge in [0.25, 0.3) is 0 Å². The van der Waals surface area contributed by atoms with Crippen molar-refractivity contribution >= 4 is 27.3 Å². The van der Waals surface area contributed by atoms with Gasteiger partial charge in [-0.2, -0.15) is 0 Å². The molecule has 1 unspecified atom stereocenters. The van der Waals surface area contributed by atoms with Gasteiger partial charge >= 0.3 is 0 Å². The van der Waals surface area contributed by atoms with Crippen LogP contribution in [0.3, 0.4) is 0 Å². The summed E-state index contributed by atoms with van der Waals surface area (Å²) in [7, 11) is -3.49. The fourth-order valence-electron chi connectivity index (χ4n) is 1.92. The molecule has 1 atom stereocenters. The topological polar surface area (TPSA) is 63.2 Å². The van der Waals surface area contributed by atoms with E-state index >= 15 is 0 Å². The van der Waals surface area contributed by atoms with Crippen LogP contribution in [-0.4, -0.2) is 25.3 Å². The van der Waals surface area contributed by atoms with Crippen LogP contribution in [0.5, 0.6) is 0 Å². The summed E-state index contributed by atoms with van der Waals surface area (Å²) in [5, 5.41) is 2.23. The van der Waals surface area contributed by atoms with E-state index in [9.17, 15) is 17.6 Å². The summed E-state index contributed by atoms with van der Waals surface area (Å²) >= 11 is 5.72. The lowest BCUT2D eigenvalue weighted by molar-refractivity contribution is -0.119. The molecule has 1 aromatic carbocycles.